The number of halogens is 1. The highest BCUT2D eigenvalue weighted by molar-refractivity contribution is 5.28. The maximum Gasteiger partial charge on any atom is 0.165 e. The zero-order valence-corrected chi connectivity index (χ0v) is 7.92. The molecule has 2 N–H and O–H groups in total. The van der Waals surface area contributed by atoms with Gasteiger partial charge in [-0.15, -0.1) is 6.42 Å². The fraction of sp³-hybridized carbons (Fsp3) is 0.273. The van der Waals surface area contributed by atoms with Gasteiger partial charge in [0.2, 0.25) is 0 Å². The van der Waals surface area contributed by atoms with Crippen LogP contribution >= 0.6 is 0 Å². The minimum absolute atomic E-state index is 0.0492. The number of hydrogen-bond donors (Lipinski definition) is 2. The summed E-state index contributed by atoms with van der Waals surface area (Å²) in [6.45, 7) is 2.33. The van der Waals surface area contributed by atoms with E-state index in [0.29, 0.717) is 6.54 Å². The van der Waals surface area contributed by atoms with E-state index in [4.69, 9.17) is 11.5 Å². The lowest BCUT2D eigenvalue weighted by atomic mass is 10.2. The quantitative estimate of drug-likeness (QED) is 0.715. The lowest BCUT2D eigenvalue weighted by molar-refractivity contribution is 0.431. The second-order valence-electron chi connectivity index (χ2n) is 3.06. The topological polar surface area (TPSA) is 32.3 Å². The van der Waals surface area contributed by atoms with Crippen molar-refractivity contribution in [1.82, 2.24) is 5.32 Å². The molecule has 1 rings (SSSR count). The fourth-order valence-corrected chi connectivity index (χ4v) is 0.990. The maximum absolute atomic E-state index is 12.9. The van der Waals surface area contributed by atoms with Gasteiger partial charge in [0.25, 0.3) is 0 Å². The summed E-state index contributed by atoms with van der Waals surface area (Å²) in [6, 6.07) is 4.21. The van der Waals surface area contributed by atoms with Crippen molar-refractivity contribution in [3.05, 3.63) is 29.6 Å². The molecule has 0 aliphatic rings. The Hall–Kier alpha value is -1.53. The van der Waals surface area contributed by atoms with Gasteiger partial charge in [-0.05, 0) is 24.6 Å². The summed E-state index contributed by atoms with van der Waals surface area (Å²) in [6.07, 6.45) is 5.16. The monoisotopic (exact) mass is 193 g/mol. The summed E-state index contributed by atoms with van der Waals surface area (Å²) in [5.74, 6) is 1.56. The molecule has 0 amide bonds. The average Bonchev–Trinajstić information content (AvgIpc) is 2.19. The summed E-state index contributed by atoms with van der Waals surface area (Å²) in [5, 5.41) is 12.0. The van der Waals surface area contributed by atoms with E-state index in [0.717, 1.165) is 5.56 Å². The molecule has 1 aromatic rings. The third kappa shape index (κ3) is 2.75. The van der Waals surface area contributed by atoms with E-state index in [2.05, 4.69) is 11.2 Å². The third-order valence-corrected chi connectivity index (χ3v) is 1.87. The predicted octanol–water partition coefficient (Wildman–Crippen LogP) is 1.64. The van der Waals surface area contributed by atoms with Gasteiger partial charge in [0, 0.05) is 6.54 Å². The molecular weight excluding hydrogens is 181 g/mol. The van der Waals surface area contributed by atoms with E-state index < -0.39 is 5.82 Å². The first-order chi connectivity index (χ1) is 6.63. The minimum Gasteiger partial charge on any atom is -0.505 e. The number of benzene rings is 1. The van der Waals surface area contributed by atoms with Crippen LogP contribution in [0.2, 0.25) is 0 Å². The second-order valence-corrected chi connectivity index (χ2v) is 3.06. The molecule has 3 heteroatoms. The van der Waals surface area contributed by atoms with Crippen LogP contribution in [0.1, 0.15) is 12.5 Å². The Labute approximate surface area is 82.8 Å². The molecule has 0 bridgehead atoms. The van der Waals surface area contributed by atoms with Crippen molar-refractivity contribution in [3.8, 4) is 18.1 Å². The third-order valence-electron chi connectivity index (χ3n) is 1.87. The van der Waals surface area contributed by atoms with Gasteiger partial charge in [-0.1, -0.05) is 12.0 Å². The van der Waals surface area contributed by atoms with Crippen molar-refractivity contribution >= 4 is 0 Å². The largest absolute Gasteiger partial charge is 0.505 e. The summed E-state index contributed by atoms with van der Waals surface area (Å²) in [4.78, 5) is 0. The van der Waals surface area contributed by atoms with E-state index in [-0.39, 0.29) is 11.8 Å². The molecule has 0 radical (unpaired) electrons. The van der Waals surface area contributed by atoms with Gasteiger partial charge in [-0.25, -0.2) is 4.39 Å². The van der Waals surface area contributed by atoms with Crippen molar-refractivity contribution in [2.75, 3.05) is 0 Å². The van der Waals surface area contributed by atoms with Gasteiger partial charge < -0.3 is 5.11 Å². The van der Waals surface area contributed by atoms with Crippen LogP contribution in [-0.4, -0.2) is 11.1 Å². The molecule has 0 aliphatic carbocycles. The lowest BCUT2D eigenvalue weighted by Crippen LogP contribution is -2.23. The van der Waals surface area contributed by atoms with Crippen molar-refractivity contribution in [3.63, 3.8) is 0 Å². The summed E-state index contributed by atoms with van der Waals surface area (Å²) < 4.78 is 12.9. The molecule has 1 unspecified atom stereocenters. The molecule has 0 saturated carbocycles. The number of phenols is 1. The summed E-state index contributed by atoms with van der Waals surface area (Å²) in [7, 11) is 0. The molecule has 14 heavy (non-hydrogen) atoms. The minimum atomic E-state index is -0.613. The Kier molecular flexibility index (Phi) is 3.49. The van der Waals surface area contributed by atoms with Crippen molar-refractivity contribution in [2.45, 2.75) is 19.5 Å². The van der Waals surface area contributed by atoms with Crippen LogP contribution in [-0.2, 0) is 6.54 Å². The SMILES string of the molecule is C#CC(C)NCc1ccc(O)c(F)c1. The summed E-state index contributed by atoms with van der Waals surface area (Å²) in [5.41, 5.74) is 0.752. The van der Waals surface area contributed by atoms with Crippen LogP contribution in [0.4, 0.5) is 4.39 Å². The first kappa shape index (κ1) is 10.6. The summed E-state index contributed by atoms with van der Waals surface area (Å²) >= 11 is 0. The standard InChI is InChI=1S/C11H12FNO/c1-3-8(2)13-7-9-4-5-11(14)10(12)6-9/h1,4-6,8,13-14H,7H2,2H3. The van der Waals surface area contributed by atoms with E-state index >= 15 is 0 Å². The number of phenolic OH excluding ortho intramolecular Hbond substituents is 1. The number of aromatic hydroxyl groups is 1. The van der Waals surface area contributed by atoms with Crippen molar-refractivity contribution in [2.24, 2.45) is 0 Å². The Balaban J connectivity index is 2.61. The van der Waals surface area contributed by atoms with Crippen LogP contribution in [0.5, 0.6) is 5.75 Å². The molecular formula is C11H12FNO. The van der Waals surface area contributed by atoms with E-state index in [9.17, 15) is 4.39 Å². The van der Waals surface area contributed by atoms with E-state index in [1.807, 2.05) is 6.92 Å². The van der Waals surface area contributed by atoms with Crippen LogP contribution in [0.25, 0.3) is 0 Å². The van der Waals surface area contributed by atoms with Gasteiger partial charge in [0.1, 0.15) is 0 Å². The molecule has 2 nitrogen and oxygen atoms in total. The van der Waals surface area contributed by atoms with Crippen LogP contribution in [0, 0.1) is 18.2 Å². The highest BCUT2D eigenvalue weighted by Crippen LogP contribution is 2.15. The molecule has 0 fully saturated rings. The highest BCUT2D eigenvalue weighted by atomic mass is 19.1. The Morgan fingerprint density at radius 2 is 2.36 bits per heavy atom. The molecule has 0 aliphatic heterocycles. The lowest BCUT2D eigenvalue weighted by Gasteiger charge is -2.07. The van der Waals surface area contributed by atoms with Crippen molar-refractivity contribution < 1.29 is 9.50 Å². The van der Waals surface area contributed by atoms with Gasteiger partial charge in [0.15, 0.2) is 11.6 Å². The van der Waals surface area contributed by atoms with Gasteiger partial charge >= 0.3 is 0 Å². The predicted molar refractivity (Wildman–Crippen MR) is 53.2 cm³/mol. The zero-order chi connectivity index (χ0) is 10.6. The first-order valence-electron chi connectivity index (χ1n) is 4.30. The first-order valence-corrected chi connectivity index (χ1v) is 4.30. The molecule has 1 atom stereocenters. The van der Waals surface area contributed by atoms with Gasteiger partial charge in [0.05, 0.1) is 6.04 Å². The fourth-order valence-electron chi connectivity index (χ4n) is 0.990. The Bertz CT molecular complexity index is 357. The molecule has 0 saturated heterocycles. The zero-order valence-electron chi connectivity index (χ0n) is 7.92. The number of rotatable bonds is 3. The Morgan fingerprint density at radius 1 is 1.64 bits per heavy atom. The molecule has 0 aromatic heterocycles. The molecule has 1 aromatic carbocycles. The average molecular weight is 193 g/mol. The molecule has 0 spiro atoms. The second kappa shape index (κ2) is 4.64. The molecule has 0 heterocycles. The molecule has 74 valence electrons. The maximum atomic E-state index is 12.9. The van der Waals surface area contributed by atoms with Gasteiger partial charge in [-0.2, -0.15) is 0 Å². The highest BCUT2D eigenvalue weighted by Gasteiger charge is 2.02. The smallest absolute Gasteiger partial charge is 0.165 e. The number of nitrogens with one attached hydrogen (secondary N) is 1. The van der Waals surface area contributed by atoms with Crippen molar-refractivity contribution in [1.29, 1.82) is 0 Å². The Morgan fingerprint density at radius 3 is 2.93 bits per heavy atom. The van der Waals surface area contributed by atoms with E-state index in [1.165, 1.54) is 12.1 Å². The van der Waals surface area contributed by atoms with Gasteiger partial charge in [-0.3, -0.25) is 5.32 Å². The number of hydrogen-bond acceptors (Lipinski definition) is 2. The normalized spacial score (nSPS) is 12.1. The van der Waals surface area contributed by atoms with Crippen LogP contribution in [0.3, 0.4) is 0 Å². The van der Waals surface area contributed by atoms with Crippen LogP contribution < -0.4 is 5.32 Å². The van der Waals surface area contributed by atoms with Crippen LogP contribution in [0.15, 0.2) is 18.2 Å². The van der Waals surface area contributed by atoms with E-state index in [1.54, 1.807) is 6.07 Å². The number of terminal acetylenes is 1.